The number of ether oxygens (including phenoxy) is 1. The van der Waals surface area contributed by atoms with Gasteiger partial charge in [0.25, 0.3) is 5.91 Å². The third-order valence-corrected chi connectivity index (χ3v) is 6.18. The standard InChI is InChI=1S/C23H30FN3O5/c1-15(2)22(3,31)14-32-19-12-17(26-27(19)18-9-5-4-8-16(18)24)21(30)25-23(13-20(28)29)10-6-7-11-23/h4-5,8-9,12,15,31H,6-7,10-11,13-14H2,1-3H3,(H,25,30)(H,28,29). The van der Waals surface area contributed by atoms with Gasteiger partial charge < -0.3 is 20.3 Å². The first-order valence-electron chi connectivity index (χ1n) is 10.8. The van der Waals surface area contributed by atoms with Gasteiger partial charge in [0.1, 0.15) is 18.1 Å². The van der Waals surface area contributed by atoms with Crippen LogP contribution in [-0.2, 0) is 4.79 Å². The summed E-state index contributed by atoms with van der Waals surface area (Å²) in [6, 6.07) is 7.32. The number of halogens is 1. The predicted molar refractivity (Wildman–Crippen MR) is 115 cm³/mol. The van der Waals surface area contributed by atoms with Crippen LogP contribution < -0.4 is 10.1 Å². The molecule has 0 bridgehead atoms. The van der Waals surface area contributed by atoms with Crippen molar-refractivity contribution in [1.29, 1.82) is 0 Å². The van der Waals surface area contributed by atoms with Crippen molar-refractivity contribution in [2.24, 2.45) is 5.92 Å². The van der Waals surface area contributed by atoms with Crippen LogP contribution in [0.1, 0.15) is 63.4 Å². The molecule has 8 nitrogen and oxygen atoms in total. The molecule has 0 saturated heterocycles. The van der Waals surface area contributed by atoms with E-state index in [0.29, 0.717) is 12.8 Å². The van der Waals surface area contributed by atoms with E-state index in [9.17, 15) is 24.2 Å². The van der Waals surface area contributed by atoms with Crippen LogP contribution >= 0.6 is 0 Å². The molecule has 1 unspecified atom stereocenters. The highest BCUT2D eigenvalue weighted by atomic mass is 19.1. The van der Waals surface area contributed by atoms with E-state index in [1.165, 1.54) is 28.9 Å². The van der Waals surface area contributed by atoms with Gasteiger partial charge in [0.2, 0.25) is 5.88 Å². The second-order valence-electron chi connectivity index (χ2n) is 9.04. The summed E-state index contributed by atoms with van der Waals surface area (Å²) in [6.45, 7) is 5.24. The van der Waals surface area contributed by atoms with Gasteiger partial charge in [-0.15, -0.1) is 0 Å². The summed E-state index contributed by atoms with van der Waals surface area (Å²) in [5.74, 6) is -2.10. The Hall–Kier alpha value is -2.94. The first-order valence-corrected chi connectivity index (χ1v) is 10.8. The van der Waals surface area contributed by atoms with Crippen molar-refractivity contribution in [3.05, 3.63) is 41.8 Å². The molecule has 0 radical (unpaired) electrons. The molecule has 1 heterocycles. The Balaban J connectivity index is 1.92. The van der Waals surface area contributed by atoms with Crippen molar-refractivity contribution in [3.8, 4) is 11.6 Å². The normalized spacial score (nSPS) is 17.2. The number of nitrogens with zero attached hydrogens (tertiary/aromatic N) is 2. The molecule has 0 spiro atoms. The summed E-state index contributed by atoms with van der Waals surface area (Å²) in [7, 11) is 0. The van der Waals surface area contributed by atoms with Gasteiger partial charge in [-0.2, -0.15) is 9.78 Å². The minimum atomic E-state index is -1.15. The predicted octanol–water partition coefficient (Wildman–Crippen LogP) is 3.31. The number of aromatic nitrogens is 2. The average molecular weight is 448 g/mol. The van der Waals surface area contributed by atoms with Gasteiger partial charge in [-0.3, -0.25) is 9.59 Å². The van der Waals surface area contributed by atoms with Crippen molar-refractivity contribution >= 4 is 11.9 Å². The number of rotatable bonds is 9. The molecular formula is C23H30FN3O5. The third-order valence-electron chi connectivity index (χ3n) is 6.18. The highest BCUT2D eigenvalue weighted by molar-refractivity contribution is 5.93. The van der Waals surface area contributed by atoms with Crippen LogP contribution in [0.5, 0.6) is 5.88 Å². The Labute approximate surface area is 186 Å². The lowest BCUT2D eigenvalue weighted by Crippen LogP contribution is -2.48. The van der Waals surface area contributed by atoms with Gasteiger partial charge in [0, 0.05) is 6.07 Å². The Bertz CT molecular complexity index is 980. The molecular weight excluding hydrogens is 417 g/mol. The number of aliphatic hydroxyl groups is 1. The van der Waals surface area contributed by atoms with Crippen LogP contribution in [0.15, 0.2) is 30.3 Å². The van der Waals surface area contributed by atoms with Crippen molar-refractivity contribution in [1.82, 2.24) is 15.1 Å². The molecule has 1 fully saturated rings. The van der Waals surface area contributed by atoms with Gasteiger partial charge in [-0.1, -0.05) is 38.8 Å². The molecule has 1 aromatic carbocycles. The fraction of sp³-hybridized carbons (Fsp3) is 0.522. The zero-order chi connectivity index (χ0) is 23.5. The molecule has 1 atom stereocenters. The minimum Gasteiger partial charge on any atom is -0.481 e. The molecule has 1 saturated carbocycles. The van der Waals surface area contributed by atoms with Crippen molar-refractivity contribution < 1.29 is 28.9 Å². The molecule has 1 aliphatic carbocycles. The zero-order valence-electron chi connectivity index (χ0n) is 18.6. The SMILES string of the molecule is CC(C)C(C)(O)COc1cc(C(=O)NC2(CC(=O)O)CCCC2)nn1-c1ccccc1F. The van der Waals surface area contributed by atoms with E-state index in [2.05, 4.69) is 10.4 Å². The summed E-state index contributed by atoms with van der Waals surface area (Å²) in [6.07, 6.45) is 2.62. The molecule has 1 amide bonds. The van der Waals surface area contributed by atoms with Gasteiger partial charge in [0.05, 0.1) is 17.6 Å². The van der Waals surface area contributed by atoms with Crippen LogP contribution in [0.2, 0.25) is 0 Å². The Morgan fingerprint density at radius 1 is 1.31 bits per heavy atom. The number of carbonyl (C=O) groups excluding carboxylic acids is 1. The number of nitrogens with one attached hydrogen (secondary N) is 1. The number of carboxylic acids is 1. The highest BCUT2D eigenvalue weighted by Gasteiger charge is 2.38. The first kappa shape index (κ1) is 23.7. The molecule has 9 heteroatoms. The van der Waals surface area contributed by atoms with E-state index >= 15 is 0 Å². The third kappa shape index (κ3) is 5.27. The zero-order valence-corrected chi connectivity index (χ0v) is 18.6. The quantitative estimate of drug-likeness (QED) is 0.543. The van der Waals surface area contributed by atoms with Gasteiger partial charge in [0.15, 0.2) is 5.69 Å². The summed E-state index contributed by atoms with van der Waals surface area (Å²) in [5.41, 5.74) is -1.91. The second-order valence-corrected chi connectivity index (χ2v) is 9.04. The largest absolute Gasteiger partial charge is 0.481 e. The number of para-hydroxylation sites is 1. The van der Waals surface area contributed by atoms with Gasteiger partial charge >= 0.3 is 5.97 Å². The minimum absolute atomic E-state index is 0.0240. The van der Waals surface area contributed by atoms with E-state index < -0.39 is 28.8 Å². The van der Waals surface area contributed by atoms with Gasteiger partial charge in [-0.25, -0.2) is 4.39 Å². The number of carbonyl (C=O) groups is 2. The van der Waals surface area contributed by atoms with E-state index in [1.807, 2.05) is 13.8 Å². The number of hydrogen-bond donors (Lipinski definition) is 3. The Kier molecular flexibility index (Phi) is 6.88. The van der Waals surface area contributed by atoms with Crippen LogP contribution in [-0.4, -0.2) is 49.6 Å². The van der Waals surface area contributed by atoms with Gasteiger partial charge in [-0.05, 0) is 37.8 Å². The Morgan fingerprint density at radius 2 is 1.97 bits per heavy atom. The number of hydrogen-bond acceptors (Lipinski definition) is 5. The van der Waals surface area contributed by atoms with Crippen molar-refractivity contribution in [2.75, 3.05) is 6.61 Å². The van der Waals surface area contributed by atoms with Crippen LogP contribution in [0, 0.1) is 11.7 Å². The number of benzene rings is 1. The highest BCUT2D eigenvalue weighted by Crippen LogP contribution is 2.33. The van der Waals surface area contributed by atoms with Crippen molar-refractivity contribution in [3.63, 3.8) is 0 Å². The summed E-state index contributed by atoms with van der Waals surface area (Å²) in [4.78, 5) is 24.3. The fourth-order valence-electron chi connectivity index (χ4n) is 3.75. The molecule has 32 heavy (non-hydrogen) atoms. The lowest BCUT2D eigenvalue weighted by atomic mass is 9.93. The maximum Gasteiger partial charge on any atom is 0.305 e. The molecule has 1 aliphatic rings. The smallest absolute Gasteiger partial charge is 0.305 e. The molecule has 2 aromatic rings. The molecule has 3 rings (SSSR count). The lowest BCUT2D eigenvalue weighted by Gasteiger charge is -2.28. The fourth-order valence-corrected chi connectivity index (χ4v) is 3.75. The van der Waals surface area contributed by atoms with Crippen LogP contribution in [0.3, 0.4) is 0 Å². The summed E-state index contributed by atoms with van der Waals surface area (Å²) >= 11 is 0. The topological polar surface area (TPSA) is 114 Å². The van der Waals surface area contributed by atoms with E-state index in [0.717, 1.165) is 12.8 Å². The maximum absolute atomic E-state index is 14.5. The van der Waals surface area contributed by atoms with Crippen LogP contribution in [0.4, 0.5) is 4.39 Å². The Morgan fingerprint density at radius 3 is 2.56 bits per heavy atom. The monoisotopic (exact) mass is 447 g/mol. The van der Waals surface area contributed by atoms with Crippen LogP contribution in [0.25, 0.3) is 5.69 Å². The number of aliphatic carboxylic acids is 1. The molecule has 3 N–H and O–H groups in total. The molecule has 174 valence electrons. The second kappa shape index (κ2) is 9.28. The molecule has 1 aromatic heterocycles. The lowest BCUT2D eigenvalue weighted by molar-refractivity contribution is -0.138. The summed E-state index contributed by atoms with van der Waals surface area (Å²) < 4.78 is 21.4. The summed E-state index contributed by atoms with van der Waals surface area (Å²) in [5, 5.41) is 26.9. The molecule has 0 aliphatic heterocycles. The maximum atomic E-state index is 14.5. The number of carboxylic acid groups (broad SMARTS) is 1. The average Bonchev–Trinajstić information content (AvgIpc) is 3.33. The van der Waals surface area contributed by atoms with E-state index in [-0.39, 0.29) is 36.2 Å². The van der Waals surface area contributed by atoms with E-state index in [1.54, 1.807) is 13.0 Å². The first-order chi connectivity index (χ1) is 15.0. The van der Waals surface area contributed by atoms with E-state index in [4.69, 9.17) is 4.74 Å². The van der Waals surface area contributed by atoms with Crippen molar-refractivity contribution in [2.45, 2.75) is 64.0 Å². The number of amides is 1.